The standard InChI is InChI=1S/C21H13F2N5/c1-25-21-16-4-2-13(17-8-15(22)3-5-18(17)23)7-19(16)27-20(28-21)14-6-12(9-24)10-26-11-14/h2-8,10-11H,1H3,(H,25,27,28). The molecular weight excluding hydrogens is 360 g/mol. The lowest BCUT2D eigenvalue weighted by Crippen LogP contribution is -1.99. The minimum absolute atomic E-state index is 0.154. The van der Waals surface area contributed by atoms with E-state index in [1.54, 1.807) is 37.5 Å². The van der Waals surface area contributed by atoms with Crippen LogP contribution in [0.5, 0.6) is 0 Å². The summed E-state index contributed by atoms with van der Waals surface area (Å²) in [6, 6.07) is 12.1. The maximum atomic E-state index is 14.2. The first-order chi connectivity index (χ1) is 13.6. The van der Waals surface area contributed by atoms with Gasteiger partial charge in [0, 0.05) is 36.0 Å². The zero-order chi connectivity index (χ0) is 19.7. The SMILES string of the molecule is CNc1nc(-c2cncc(C#N)c2)nc2cc(-c3cc(F)ccc3F)ccc12. The molecule has 0 aliphatic rings. The van der Waals surface area contributed by atoms with E-state index in [1.165, 1.54) is 6.20 Å². The van der Waals surface area contributed by atoms with Crippen LogP contribution in [0.4, 0.5) is 14.6 Å². The van der Waals surface area contributed by atoms with Crippen molar-refractivity contribution in [3.8, 4) is 28.6 Å². The zero-order valence-corrected chi connectivity index (χ0v) is 14.7. The molecule has 0 atom stereocenters. The minimum Gasteiger partial charge on any atom is -0.373 e. The fourth-order valence-corrected chi connectivity index (χ4v) is 2.96. The molecule has 136 valence electrons. The van der Waals surface area contributed by atoms with Crippen LogP contribution < -0.4 is 5.32 Å². The monoisotopic (exact) mass is 373 g/mol. The molecule has 2 aromatic heterocycles. The second-order valence-electron chi connectivity index (χ2n) is 6.08. The van der Waals surface area contributed by atoms with Crippen molar-refractivity contribution in [1.29, 1.82) is 5.26 Å². The van der Waals surface area contributed by atoms with Gasteiger partial charge in [0.15, 0.2) is 5.82 Å². The number of benzene rings is 2. The second-order valence-corrected chi connectivity index (χ2v) is 6.08. The Hall–Kier alpha value is -3.92. The van der Waals surface area contributed by atoms with Gasteiger partial charge in [-0.1, -0.05) is 6.07 Å². The van der Waals surface area contributed by atoms with Gasteiger partial charge in [-0.05, 0) is 42.0 Å². The summed E-state index contributed by atoms with van der Waals surface area (Å²) in [4.78, 5) is 13.1. The van der Waals surface area contributed by atoms with Crippen LogP contribution in [0, 0.1) is 23.0 Å². The van der Waals surface area contributed by atoms with E-state index in [1.807, 2.05) is 6.07 Å². The van der Waals surface area contributed by atoms with Crippen LogP contribution in [-0.2, 0) is 0 Å². The number of hydrogen-bond donors (Lipinski definition) is 1. The quantitative estimate of drug-likeness (QED) is 0.570. The van der Waals surface area contributed by atoms with Crippen molar-refractivity contribution in [2.24, 2.45) is 0 Å². The van der Waals surface area contributed by atoms with Crippen LogP contribution in [0.1, 0.15) is 5.56 Å². The molecular formula is C21H13F2N5. The average molecular weight is 373 g/mol. The number of nitrogens with one attached hydrogen (secondary N) is 1. The molecule has 1 N–H and O–H groups in total. The highest BCUT2D eigenvalue weighted by Gasteiger charge is 2.13. The topological polar surface area (TPSA) is 74.5 Å². The van der Waals surface area contributed by atoms with Gasteiger partial charge >= 0.3 is 0 Å². The molecule has 0 fully saturated rings. The van der Waals surface area contributed by atoms with Crippen molar-refractivity contribution < 1.29 is 8.78 Å². The summed E-state index contributed by atoms with van der Waals surface area (Å²) < 4.78 is 27.8. The first-order valence-electron chi connectivity index (χ1n) is 8.39. The van der Waals surface area contributed by atoms with E-state index in [0.717, 1.165) is 23.6 Å². The third-order valence-electron chi connectivity index (χ3n) is 4.30. The minimum atomic E-state index is -0.519. The average Bonchev–Trinajstić information content (AvgIpc) is 2.74. The van der Waals surface area contributed by atoms with Crippen molar-refractivity contribution in [3.05, 3.63) is 72.1 Å². The Morgan fingerprint density at radius 2 is 1.82 bits per heavy atom. The van der Waals surface area contributed by atoms with E-state index in [4.69, 9.17) is 5.26 Å². The summed E-state index contributed by atoms with van der Waals surface area (Å²) in [7, 11) is 1.73. The van der Waals surface area contributed by atoms with E-state index < -0.39 is 11.6 Å². The van der Waals surface area contributed by atoms with E-state index >= 15 is 0 Å². The molecule has 5 nitrogen and oxygen atoms in total. The van der Waals surface area contributed by atoms with E-state index in [9.17, 15) is 8.78 Å². The van der Waals surface area contributed by atoms with Gasteiger partial charge in [-0.3, -0.25) is 4.98 Å². The smallest absolute Gasteiger partial charge is 0.163 e. The maximum absolute atomic E-state index is 14.2. The third kappa shape index (κ3) is 3.12. The predicted molar refractivity (Wildman–Crippen MR) is 102 cm³/mol. The molecule has 2 aromatic carbocycles. The van der Waals surface area contributed by atoms with Gasteiger partial charge in [-0.25, -0.2) is 18.7 Å². The van der Waals surface area contributed by atoms with Crippen molar-refractivity contribution in [1.82, 2.24) is 15.0 Å². The lowest BCUT2D eigenvalue weighted by atomic mass is 10.0. The van der Waals surface area contributed by atoms with Gasteiger partial charge in [-0.15, -0.1) is 0 Å². The molecule has 0 spiro atoms. The Labute approximate surface area is 159 Å². The molecule has 7 heteroatoms. The van der Waals surface area contributed by atoms with Crippen molar-refractivity contribution in [2.45, 2.75) is 0 Å². The predicted octanol–water partition coefficient (Wildman–Crippen LogP) is 4.55. The molecule has 0 aliphatic carbocycles. The summed E-state index contributed by atoms with van der Waals surface area (Å²) in [6.07, 6.45) is 3.02. The summed E-state index contributed by atoms with van der Waals surface area (Å²) in [6.45, 7) is 0. The van der Waals surface area contributed by atoms with Gasteiger partial charge in [0.2, 0.25) is 0 Å². The molecule has 28 heavy (non-hydrogen) atoms. The number of pyridine rings is 1. The second kappa shape index (κ2) is 7.00. The van der Waals surface area contributed by atoms with Crippen LogP contribution in [0.15, 0.2) is 54.9 Å². The summed E-state index contributed by atoms with van der Waals surface area (Å²) in [5.41, 5.74) is 2.18. The number of fused-ring (bicyclic) bond motifs is 1. The molecule has 4 aromatic rings. The van der Waals surface area contributed by atoms with E-state index in [0.29, 0.717) is 33.8 Å². The Morgan fingerprint density at radius 3 is 2.61 bits per heavy atom. The van der Waals surface area contributed by atoms with Crippen LogP contribution in [0.2, 0.25) is 0 Å². The zero-order valence-electron chi connectivity index (χ0n) is 14.7. The molecule has 0 amide bonds. The van der Waals surface area contributed by atoms with Gasteiger partial charge in [0.05, 0.1) is 11.1 Å². The van der Waals surface area contributed by atoms with Crippen molar-refractivity contribution in [3.63, 3.8) is 0 Å². The lowest BCUT2D eigenvalue weighted by Gasteiger charge is -2.10. The highest BCUT2D eigenvalue weighted by molar-refractivity contribution is 5.93. The number of halogens is 2. The Balaban J connectivity index is 1.92. The number of rotatable bonds is 3. The number of aromatic nitrogens is 3. The van der Waals surface area contributed by atoms with Crippen LogP contribution in [0.25, 0.3) is 33.4 Å². The van der Waals surface area contributed by atoms with E-state index in [-0.39, 0.29) is 5.56 Å². The number of anilines is 1. The largest absolute Gasteiger partial charge is 0.373 e. The molecule has 2 heterocycles. The molecule has 0 radical (unpaired) electrons. The highest BCUT2D eigenvalue weighted by Crippen LogP contribution is 2.30. The lowest BCUT2D eigenvalue weighted by molar-refractivity contribution is 0.603. The summed E-state index contributed by atoms with van der Waals surface area (Å²) in [5, 5.41) is 12.8. The summed E-state index contributed by atoms with van der Waals surface area (Å²) >= 11 is 0. The number of nitriles is 1. The number of hydrogen-bond acceptors (Lipinski definition) is 5. The van der Waals surface area contributed by atoms with Crippen LogP contribution in [0.3, 0.4) is 0 Å². The molecule has 0 aliphatic heterocycles. The van der Waals surface area contributed by atoms with Gasteiger partial charge in [-0.2, -0.15) is 5.26 Å². The maximum Gasteiger partial charge on any atom is 0.163 e. The Bertz CT molecular complexity index is 1250. The van der Waals surface area contributed by atoms with Gasteiger partial charge < -0.3 is 5.32 Å². The molecule has 0 unspecified atom stereocenters. The number of nitrogens with zero attached hydrogens (tertiary/aromatic N) is 4. The van der Waals surface area contributed by atoms with Gasteiger partial charge in [0.25, 0.3) is 0 Å². The molecule has 4 rings (SSSR count). The van der Waals surface area contributed by atoms with Crippen molar-refractivity contribution in [2.75, 3.05) is 12.4 Å². The van der Waals surface area contributed by atoms with Crippen LogP contribution >= 0.6 is 0 Å². The van der Waals surface area contributed by atoms with Crippen LogP contribution in [-0.4, -0.2) is 22.0 Å². The molecule has 0 saturated carbocycles. The fourth-order valence-electron chi connectivity index (χ4n) is 2.96. The molecule has 0 bridgehead atoms. The fraction of sp³-hybridized carbons (Fsp3) is 0.0476. The van der Waals surface area contributed by atoms with Crippen molar-refractivity contribution >= 4 is 16.7 Å². The normalized spacial score (nSPS) is 10.6. The summed E-state index contributed by atoms with van der Waals surface area (Å²) in [5.74, 6) is -0.0862. The highest BCUT2D eigenvalue weighted by atomic mass is 19.1. The van der Waals surface area contributed by atoms with Gasteiger partial charge in [0.1, 0.15) is 23.5 Å². The first-order valence-corrected chi connectivity index (χ1v) is 8.39. The third-order valence-corrected chi connectivity index (χ3v) is 4.30. The van der Waals surface area contributed by atoms with E-state index in [2.05, 4.69) is 20.3 Å². The Morgan fingerprint density at radius 1 is 0.964 bits per heavy atom. The molecule has 0 saturated heterocycles. The Kier molecular flexibility index (Phi) is 4.38. The first kappa shape index (κ1) is 17.5.